The molecule has 0 aromatic carbocycles. The SMILES string of the molecule is CCC(C#N)=C(N)N. The fraction of sp³-hybridized carbons (Fsp3) is 0.400. The largest absolute Gasteiger partial charge is 0.385 e. The minimum absolute atomic E-state index is 0.134. The van der Waals surface area contributed by atoms with Gasteiger partial charge >= 0.3 is 0 Å². The minimum Gasteiger partial charge on any atom is -0.385 e. The molecule has 0 unspecified atom stereocenters. The zero-order valence-corrected chi connectivity index (χ0v) is 4.81. The van der Waals surface area contributed by atoms with Crippen LogP contribution >= 0.6 is 0 Å². The predicted octanol–water partition coefficient (Wildman–Crippen LogP) is 0.0490. The van der Waals surface area contributed by atoms with Crippen molar-refractivity contribution in [2.75, 3.05) is 0 Å². The number of nitriles is 1. The normalized spacial score (nSPS) is 7.50. The van der Waals surface area contributed by atoms with Crippen molar-refractivity contribution >= 4 is 0 Å². The summed E-state index contributed by atoms with van der Waals surface area (Å²) in [5.74, 6) is 0.134. The second kappa shape index (κ2) is 2.92. The monoisotopic (exact) mass is 111 g/mol. The molecule has 0 saturated heterocycles. The van der Waals surface area contributed by atoms with Crippen LogP contribution in [0.5, 0.6) is 0 Å². The first kappa shape index (κ1) is 6.83. The van der Waals surface area contributed by atoms with Gasteiger partial charge in [0, 0.05) is 0 Å². The third-order valence-electron chi connectivity index (χ3n) is 0.837. The minimum atomic E-state index is 0.134. The summed E-state index contributed by atoms with van der Waals surface area (Å²) in [6.45, 7) is 1.83. The van der Waals surface area contributed by atoms with E-state index in [1.54, 1.807) is 0 Å². The van der Waals surface area contributed by atoms with E-state index in [-0.39, 0.29) is 5.82 Å². The molecule has 4 N–H and O–H groups in total. The van der Waals surface area contributed by atoms with E-state index in [4.69, 9.17) is 16.7 Å². The van der Waals surface area contributed by atoms with Crippen molar-refractivity contribution in [2.24, 2.45) is 11.5 Å². The van der Waals surface area contributed by atoms with Crippen molar-refractivity contribution in [3.8, 4) is 6.07 Å². The molecule has 0 spiro atoms. The highest BCUT2D eigenvalue weighted by Crippen LogP contribution is 1.96. The molecule has 0 fully saturated rings. The number of hydrogen-bond donors (Lipinski definition) is 2. The van der Waals surface area contributed by atoms with Crippen molar-refractivity contribution < 1.29 is 0 Å². The first-order valence-corrected chi connectivity index (χ1v) is 2.36. The van der Waals surface area contributed by atoms with Gasteiger partial charge in [0.15, 0.2) is 0 Å². The molecular weight excluding hydrogens is 102 g/mol. The molecule has 0 saturated carbocycles. The third kappa shape index (κ3) is 1.52. The lowest BCUT2D eigenvalue weighted by molar-refractivity contribution is 1.07. The van der Waals surface area contributed by atoms with Crippen molar-refractivity contribution in [1.29, 1.82) is 5.26 Å². The molecule has 0 aromatic rings. The molecule has 0 aliphatic heterocycles. The molecule has 0 aliphatic carbocycles. The van der Waals surface area contributed by atoms with Crippen molar-refractivity contribution in [2.45, 2.75) is 13.3 Å². The second-order valence-electron chi connectivity index (χ2n) is 1.40. The number of rotatable bonds is 1. The lowest BCUT2D eigenvalue weighted by atomic mass is 10.2. The Labute approximate surface area is 48.6 Å². The summed E-state index contributed by atoms with van der Waals surface area (Å²) in [4.78, 5) is 0. The zero-order valence-electron chi connectivity index (χ0n) is 4.81. The molecule has 0 amide bonds. The fourth-order valence-corrected chi connectivity index (χ4v) is 0.348. The van der Waals surface area contributed by atoms with Crippen LogP contribution in [0.15, 0.2) is 11.4 Å². The Hall–Kier alpha value is -1.17. The van der Waals surface area contributed by atoms with Crippen molar-refractivity contribution in [3.63, 3.8) is 0 Å². The first-order valence-electron chi connectivity index (χ1n) is 2.36. The molecule has 0 heterocycles. The molecule has 0 rings (SSSR count). The molecule has 8 heavy (non-hydrogen) atoms. The lowest BCUT2D eigenvalue weighted by Crippen LogP contribution is -2.10. The molecule has 0 aromatic heterocycles. The third-order valence-corrected chi connectivity index (χ3v) is 0.837. The second-order valence-corrected chi connectivity index (χ2v) is 1.40. The predicted molar refractivity (Wildman–Crippen MR) is 31.3 cm³/mol. The van der Waals surface area contributed by atoms with E-state index in [0.717, 1.165) is 0 Å². The molecule has 3 heteroatoms. The Balaban J connectivity index is 4.15. The maximum Gasteiger partial charge on any atom is 0.107 e. The van der Waals surface area contributed by atoms with Gasteiger partial charge in [-0.25, -0.2) is 0 Å². The van der Waals surface area contributed by atoms with Gasteiger partial charge in [-0.15, -0.1) is 0 Å². The van der Waals surface area contributed by atoms with Gasteiger partial charge in [0.2, 0.25) is 0 Å². The first-order chi connectivity index (χ1) is 3.72. The van der Waals surface area contributed by atoms with E-state index >= 15 is 0 Å². The molecular formula is C5H9N3. The van der Waals surface area contributed by atoms with Gasteiger partial charge in [-0.05, 0) is 6.42 Å². The van der Waals surface area contributed by atoms with E-state index in [9.17, 15) is 0 Å². The summed E-state index contributed by atoms with van der Waals surface area (Å²) >= 11 is 0. The highest BCUT2D eigenvalue weighted by molar-refractivity contribution is 5.23. The molecule has 44 valence electrons. The van der Waals surface area contributed by atoms with Gasteiger partial charge in [0.25, 0.3) is 0 Å². The van der Waals surface area contributed by atoms with Gasteiger partial charge < -0.3 is 11.5 Å². The summed E-state index contributed by atoms with van der Waals surface area (Å²) in [6, 6.07) is 1.88. The summed E-state index contributed by atoms with van der Waals surface area (Å²) in [7, 11) is 0. The highest BCUT2D eigenvalue weighted by atomic mass is 14.8. The van der Waals surface area contributed by atoms with E-state index < -0.39 is 0 Å². The van der Waals surface area contributed by atoms with Crippen molar-refractivity contribution in [3.05, 3.63) is 11.4 Å². The van der Waals surface area contributed by atoms with E-state index in [1.807, 2.05) is 13.0 Å². The van der Waals surface area contributed by atoms with Crippen LogP contribution in [0.3, 0.4) is 0 Å². The van der Waals surface area contributed by atoms with Crippen LogP contribution in [-0.4, -0.2) is 0 Å². The summed E-state index contributed by atoms with van der Waals surface area (Å²) in [6.07, 6.45) is 0.610. The van der Waals surface area contributed by atoms with E-state index in [2.05, 4.69) is 0 Å². The van der Waals surface area contributed by atoms with Crippen molar-refractivity contribution in [1.82, 2.24) is 0 Å². The van der Waals surface area contributed by atoms with Gasteiger partial charge in [0.05, 0.1) is 11.6 Å². The summed E-state index contributed by atoms with van der Waals surface area (Å²) in [5, 5.41) is 8.23. The van der Waals surface area contributed by atoms with Gasteiger partial charge in [-0.2, -0.15) is 5.26 Å². The maximum absolute atomic E-state index is 8.23. The van der Waals surface area contributed by atoms with Crippen LogP contribution in [0.4, 0.5) is 0 Å². The number of nitrogens with zero attached hydrogens (tertiary/aromatic N) is 1. The van der Waals surface area contributed by atoms with Crippen LogP contribution in [0, 0.1) is 11.3 Å². The molecule has 0 aliphatic rings. The summed E-state index contributed by atoms with van der Waals surface area (Å²) < 4.78 is 0. The Morgan fingerprint density at radius 1 is 1.62 bits per heavy atom. The van der Waals surface area contributed by atoms with Crippen LogP contribution in [0.1, 0.15) is 13.3 Å². The van der Waals surface area contributed by atoms with E-state index in [0.29, 0.717) is 12.0 Å². The lowest BCUT2D eigenvalue weighted by Gasteiger charge is -1.91. The molecule has 0 atom stereocenters. The Morgan fingerprint density at radius 3 is 2.12 bits per heavy atom. The average molecular weight is 111 g/mol. The average Bonchev–Trinajstić information content (AvgIpc) is 1.69. The number of allylic oxidation sites excluding steroid dienone is 1. The van der Waals surface area contributed by atoms with Crippen LogP contribution in [-0.2, 0) is 0 Å². The van der Waals surface area contributed by atoms with Gasteiger partial charge in [0.1, 0.15) is 5.82 Å². The van der Waals surface area contributed by atoms with Crippen LogP contribution in [0.25, 0.3) is 0 Å². The molecule has 0 radical (unpaired) electrons. The van der Waals surface area contributed by atoms with Crippen LogP contribution < -0.4 is 11.5 Å². The topological polar surface area (TPSA) is 75.8 Å². The Bertz CT molecular complexity index is 136. The molecule has 3 nitrogen and oxygen atoms in total. The van der Waals surface area contributed by atoms with Gasteiger partial charge in [-0.1, -0.05) is 6.92 Å². The Morgan fingerprint density at radius 2 is 2.12 bits per heavy atom. The quantitative estimate of drug-likeness (QED) is 0.469. The van der Waals surface area contributed by atoms with Gasteiger partial charge in [-0.3, -0.25) is 0 Å². The Kier molecular flexibility index (Phi) is 2.49. The smallest absolute Gasteiger partial charge is 0.107 e. The maximum atomic E-state index is 8.23. The highest BCUT2D eigenvalue weighted by Gasteiger charge is 1.92. The number of hydrogen-bond acceptors (Lipinski definition) is 3. The zero-order chi connectivity index (χ0) is 6.57. The fourth-order valence-electron chi connectivity index (χ4n) is 0.348. The molecule has 0 bridgehead atoms. The standard InChI is InChI=1S/C5H9N3/c1-2-4(3-6)5(7)8/h2,7-8H2,1H3. The number of nitrogens with two attached hydrogens (primary N) is 2. The van der Waals surface area contributed by atoms with Crippen LogP contribution in [0.2, 0.25) is 0 Å². The summed E-state index contributed by atoms with van der Waals surface area (Å²) in [5.41, 5.74) is 10.6. The van der Waals surface area contributed by atoms with E-state index in [1.165, 1.54) is 0 Å².